The summed E-state index contributed by atoms with van der Waals surface area (Å²) < 4.78 is 0. The van der Waals surface area contributed by atoms with Crippen LogP contribution in [0.2, 0.25) is 0 Å². The lowest BCUT2D eigenvalue weighted by molar-refractivity contribution is -0.128. The van der Waals surface area contributed by atoms with Crippen molar-refractivity contribution in [2.45, 2.75) is 32.4 Å². The van der Waals surface area contributed by atoms with Gasteiger partial charge in [0.05, 0.1) is 17.7 Å². The van der Waals surface area contributed by atoms with Crippen LogP contribution in [0.25, 0.3) is 0 Å². The molecule has 0 aliphatic carbocycles. The van der Waals surface area contributed by atoms with E-state index in [0.29, 0.717) is 24.1 Å². The number of hydrogen-bond donors (Lipinski definition) is 1. The van der Waals surface area contributed by atoms with E-state index in [1.165, 1.54) is 0 Å². The highest BCUT2D eigenvalue weighted by Crippen LogP contribution is 2.17. The average molecular weight is 347 g/mol. The van der Waals surface area contributed by atoms with Crippen molar-refractivity contribution in [3.63, 3.8) is 0 Å². The molecule has 0 aromatic heterocycles. The third-order valence-electron chi connectivity index (χ3n) is 4.62. The molecule has 5 heteroatoms. The summed E-state index contributed by atoms with van der Waals surface area (Å²) in [4.78, 5) is 26.2. The van der Waals surface area contributed by atoms with Gasteiger partial charge in [-0.05, 0) is 48.7 Å². The molecular formula is C21H21N3O2. The average Bonchev–Trinajstić information content (AvgIpc) is 3.06. The van der Waals surface area contributed by atoms with Crippen molar-refractivity contribution < 1.29 is 9.59 Å². The number of nitrogens with zero attached hydrogens (tertiary/aromatic N) is 2. The van der Waals surface area contributed by atoms with Crippen LogP contribution in [0.15, 0.2) is 48.5 Å². The van der Waals surface area contributed by atoms with E-state index in [9.17, 15) is 9.59 Å². The number of hydrogen-bond acceptors (Lipinski definition) is 3. The van der Waals surface area contributed by atoms with E-state index in [0.717, 1.165) is 24.1 Å². The molecule has 0 bridgehead atoms. The van der Waals surface area contributed by atoms with Gasteiger partial charge < -0.3 is 10.2 Å². The summed E-state index contributed by atoms with van der Waals surface area (Å²) in [6.45, 7) is 3.24. The van der Waals surface area contributed by atoms with Crippen LogP contribution >= 0.6 is 0 Å². The van der Waals surface area contributed by atoms with Gasteiger partial charge in [0, 0.05) is 25.1 Å². The maximum absolute atomic E-state index is 12.6. The highest BCUT2D eigenvalue weighted by Gasteiger charge is 2.20. The summed E-state index contributed by atoms with van der Waals surface area (Å²) in [5.41, 5.74) is 3.07. The summed E-state index contributed by atoms with van der Waals surface area (Å²) in [6.07, 6.45) is 1.52. The second kappa shape index (κ2) is 7.83. The number of nitrogens with one attached hydrogen (secondary N) is 1. The fraction of sp³-hybridized carbons (Fsp3) is 0.286. The van der Waals surface area contributed by atoms with Crippen molar-refractivity contribution in [3.05, 3.63) is 70.8 Å². The van der Waals surface area contributed by atoms with Gasteiger partial charge >= 0.3 is 0 Å². The van der Waals surface area contributed by atoms with E-state index in [2.05, 4.69) is 11.4 Å². The Morgan fingerprint density at radius 1 is 1.27 bits per heavy atom. The van der Waals surface area contributed by atoms with Gasteiger partial charge in [0.2, 0.25) is 5.91 Å². The first kappa shape index (κ1) is 17.7. The maximum atomic E-state index is 12.6. The highest BCUT2D eigenvalue weighted by molar-refractivity contribution is 5.94. The van der Waals surface area contributed by atoms with Gasteiger partial charge in [-0.1, -0.05) is 24.3 Å². The molecule has 0 spiro atoms. The van der Waals surface area contributed by atoms with Gasteiger partial charge in [-0.15, -0.1) is 0 Å². The van der Waals surface area contributed by atoms with Gasteiger partial charge in [-0.3, -0.25) is 9.59 Å². The standard InChI is InChI=1S/C21H21N3O2/c1-15(18-9-7-16(13-22)8-10-18)23-21(26)19-5-2-4-17(12-19)14-24-11-3-6-20(24)25/h2,4-5,7-10,12,15H,3,6,11,14H2,1H3,(H,23,26). The van der Waals surface area contributed by atoms with Crippen molar-refractivity contribution in [2.24, 2.45) is 0 Å². The molecule has 1 saturated heterocycles. The molecule has 2 aromatic carbocycles. The van der Waals surface area contributed by atoms with E-state index in [4.69, 9.17) is 5.26 Å². The molecule has 1 unspecified atom stereocenters. The first-order valence-corrected chi connectivity index (χ1v) is 8.74. The molecule has 1 aliphatic heterocycles. The lowest BCUT2D eigenvalue weighted by Crippen LogP contribution is -2.27. The van der Waals surface area contributed by atoms with Crippen LogP contribution in [0.3, 0.4) is 0 Å². The Morgan fingerprint density at radius 3 is 2.69 bits per heavy atom. The first-order chi connectivity index (χ1) is 12.6. The van der Waals surface area contributed by atoms with E-state index in [1.807, 2.05) is 42.2 Å². The Balaban J connectivity index is 1.66. The van der Waals surface area contributed by atoms with Crippen molar-refractivity contribution in [1.82, 2.24) is 10.2 Å². The largest absolute Gasteiger partial charge is 0.346 e. The zero-order chi connectivity index (χ0) is 18.5. The fourth-order valence-corrected chi connectivity index (χ4v) is 3.11. The minimum atomic E-state index is -0.168. The van der Waals surface area contributed by atoms with Gasteiger partial charge in [0.1, 0.15) is 0 Å². The third kappa shape index (κ3) is 4.09. The smallest absolute Gasteiger partial charge is 0.251 e. The van der Waals surface area contributed by atoms with Gasteiger partial charge in [-0.2, -0.15) is 5.26 Å². The molecule has 26 heavy (non-hydrogen) atoms. The minimum Gasteiger partial charge on any atom is -0.346 e. The molecular weight excluding hydrogens is 326 g/mol. The molecule has 2 aromatic rings. The normalized spacial score (nSPS) is 14.8. The van der Waals surface area contributed by atoms with Crippen LogP contribution in [0.1, 0.15) is 52.9 Å². The van der Waals surface area contributed by atoms with Gasteiger partial charge in [-0.25, -0.2) is 0 Å². The van der Waals surface area contributed by atoms with Crippen LogP contribution in [0, 0.1) is 11.3 Å². The summed E-state index contributed by atoms with van der Waals surface area (Å²) in [7, 11) is 0. The number of carbonyl (C=O) groups excluding carboxylic acids is 2. The first-order valence-electron chi connectivity index (χ1n) is 8.74. The quantitative estimate of drug-likeness (QED) is 0.903. The summed E-state index contributed by atoms with van der Waals surface area (Å²) in [6, 6.07) is 16.5. The number of rotatable bonds is 5. The molecule has 3 rings (SSSR count). The van der Waals surface area contributed by atoms with E-state index >= 15 is 0 Å². The number of amides is 2. The molecule has 0 saturated carbocycles. The Hall–Kier alpha value is -3.13. The van der Waals surface area contributed by atoms with Crippen LogP contribution in [0.5, 0.6) is 0 Å². The molecule has 1 aliphatic rings. The fourth-order valence-electron chi connectivity index (χ4n) is 3.11. The maximum Gasteiger partial charge on any atom is 0.251 e. The second-order valence-corrected chi connectivity index (χ2v) is 6.55. The second-order valence-electron chi connectivity index (χ2n) is 6.55. The zero-order valence-corrected chi connectivity index (χ0v) is 14.7. The minimum absolute atomic E-state index is 0.156. The number of nitriles is 1. The molecule has 0 radical (unpaired) electrons. The predicted molar refractivity (Wildman–Crippen MR) is 98.1 cm³/mol. The molecule has 5 nitrogen and oxygen atoms in total. The van der Waals surface area contributed by atoms with Crippen molar-refractivity contribution in [1.29, 1.82) is 5.26 Å². The van der Waals surface area contributed by atoms with Crippen LogP contribution in [0.4, 0.5) is 0 Å². The summed E-state index contributed by atoms with van der Waals surface area (Å²) >= 11 is 0. The Labute approximate surface area is 153 Å². The molecule has 132 valence electrons. The molecule has 2 amide bonds. The number of carbonyl (C=O) groups is 2. The van der Waals surface area contributed by atoms with E-state index in [1.54, 1.807) is 18.2 Å². The predicted octanol–water partition coefficient (Wildman–Crippen LogP) is 3.17. The summed E-state index contributed by atoms with van der Waals surface area (Å²) in [5, 5.41) is 11.8. The van der Waals surface area contributed by atoms with Crippen LogP contribution < -0.4 is 5.32 Å². The van der Waals surface area contributed by atoms with Crippen molar-refractivity contribution in [3.8, 4) is 6.07 Å². The Bertz CT molecular complexity index is 852. The SMILES string of the molecule is CC(NC(=O)c1cccc(CN2CCCC2=O)c1)c1ccc(C#N)cc1. The number of benzene rings is 2. The topological polar surface area (TPSA) is 73.2 Å². The van der Waals surface area contributed by atoms with Crippen molar-refractivity contribution >= 4 is 11.8 Å². The molecule has 1 fully saturated rings. The monoisotopic (exact) mass is 347 g/mol. The van der Waals surface area contributed by atoms with Gasteiger partial charge in [0.25, 0.3) is 5.91 Å². The Morgan fingerprint density at radius 2 is 2.04 bits per heavy atom. The highest BCUT2D eigenvalue weighted by atomic mass is 16.2. The summed E-state index contributed by atoms with van der Waals surface area (Å²) in [5.74, 6) is 0.0192. The molecule has 1 N–H and O–H groups in total. The molecule has 1 heterocycles. The Kier molecular flexibility index (Phi) is 5.33. The van der Waals surface area contributed by atoms with Crippen LogP contribution in [-0.2, 0) is 11.3 Å². The lowest BCUT2D eigenvalue weighted by atomic mass is 10.1. The number of likely N-dealkylation sites (tertiary alicyclic amines) is 1. The lowest BCUT2D eigenvalue weighted by Gasteiger charge is -2.17. The van der Waals surface area contributed by atoms with Crippen molar-refractivity contribution in [2.75, 3.05) is 6.54 Å². The van der Waals surface area contributed by atoms with E-state index in [-0.39, 0.29) is 17.9 Å². The third-order valence-corrected chi connectivity index (χ3v) is 4.62. The van der Waals surface area contributed by atoms with Crippen LogP contribution in [-0.4, -0.2) is 23.3 Å². The van der Waals surface area contributed by atoms with Gasteiger partial charge in [0.15, 0.2) is 0 Å². The van der Waals surface area contributed by atoms with E-state index < -0.39 is 0 Å². The zero-order valence-electron chi connectivity index (χ0n) is 14.7. The molecule has 1 atom stereocenters.